The molecule has 19 heavy (non-hydrogen) atoms. The molecule has 0 spiro atoms. The Labute approximate surface area is 113 Å². The highest BCUT2D eigenvalue weighted by atomic mass is 32.2. The van der Waals surface area contributed by atoms with E-state index in [0.717, 1.165) is 19.7 Å². The molecule has 0 saturated carbocycles. The quantitative estimate of drug-likeness (QED) is 0.828. The van der Waals surface area contributed by atoms with Gasteiger partial charge in [-0.05, 0) is 12.1 Å². The van der Waals surface area contributed by atoms with Crippen LogP contribution in [0.2, 0.25) is 0 Å². The SMILES string of the molecule is O=S(=O)(NC[C@@]12CNC[C@@H]1COC2)c1ccccc1. The van der Waals surface area contributed by atoms with Gasteiger partial charge in [0.2, 0.25) is 10.0 Å². The summed E-state index contributed by atoms with van der Waals surface area (Å²) in [6.45, 7) is 3.51. The predicted molar refractivity (Wildman–Crippen MR) is 71.2 cm³/mol. The lowest BCUT2D eigenvalue weighted by atomic mass is 9.81. The number of rotatable bonds is 4. The summed E-state index contributed by atoms with van der Waals surface area (Å²) in [6, 6.07) is 8.47. The summed E-state index contributed by atoms with van der Waals surface area (Å²) < 4.78 is 32.6. The van der Waals surface area contributed by atoms with Crippen molar-refractivity contribution in [1.82, 2.24) is 10.0 Å². The van der Waals surface area contributed by atoms with Crippen molar-refractivity contribution >= 4 is 10.0 Å². The molecule has 2 aliphatic rings. The molecule has 1 aromatic rings. The first-order valence-electron chi connectivity index (χ1n) is 6.46. The average Bonchev–Trinajstić information content (AvgIpc) is 2.97. The van der Waals surface area contributed by atoms with Crippen LogP contribution in [0.5, 0.6) is 0 Å². The van der Waals surface area contributed by atoms with Crippen LogP contribution in [-0.2, 0) is 14.8 Å². The van der Waals surface area contributed by atoms with Gasteiger partial charge in [0.1, 0.15) is 0 Å². The maximum atomic E-state index is 12.2. The standard InChI is InChI=1S/C13H18N2O3S/c16-19(17,12-4-2-1-3-5-12)15-9-13-8-14-6-11(13)7-18-10-13/h1-5,11,14-15H,6-10H2/t11-,13-/m1/s1. The van der Waals surface area contributed by atoms with E-state index in [2.05, 4.69) is 10.0 Å². The molecule has 2 atom stereocenters. The van der Waals surface area contributed by atoms with Gasteiger partial charge in [-0.1, -0.05) is 18.2 Å². The summed E-state index contributed by atoms with van der Waals surface area (Å²) in [4.78, 5) is 0.313. The van der Waals surface area contributed by atoms with Gasteiger partial charge in [-0.15, -0.1) is 0 Å². The number of sulfonamides is 1. The summed E-state index contributed by atoms with van der Waals surface area (Å²) >= 11 is 0. The third kappa shape index (κ3) is 2.41. The molecule has 0 radical (unpaired) electrons. The topological polar surface area (TPSA) is 67.4 Å². The molecule has 5 nitrogen and oxygen atoms in total. The second kappa shape index (κ2) is 4.86. The molecule has 6 heteroatoms. The molecule has 2 heterocycles. The summed E-state index contributed by atoms with van der Waals surface area (Å²) in [5.74, 6) is 0.408. The summed E-state index contributed by atoms with van der Waals surface area (Å²) in [5.41, 5.74) is -0.0815. The number of ether oxygens (including phenoxy) is 1. The molecule has 2 N–H and O–H groups in total. The summed E-state index contributed by atoms with van der Waals surface area (Å²) in [7, 11) is -3.42. The van der Waals surface area contributed by atoms with Gasteiger partial charge >= 0.3 is 0 Å². The molecule has 2 aliphatic heterocycles. The zero-order valence-corrected chi connectivity index (χ0v) is 11.4. The van der Waals surface area contributed by atoms with Gasteiger partial charge < -0.3 is 10.1 Å². The lowest BCUT2D eigenvalue weighted by molar-refractivity contribution is 0.153. The Bertz CT molecular complexity index is 534. The number of fused-ring (bicyclic) bond motifs is 1. The second-order valence-electron chi connectivity index (χ2n) is 5.34. The molecule has 2 fully saturated rings. The maximum absolute atomic E-state index is 12.2. The Morgan fingerprint density at radius 3 is 2.95 bits per heavy atom. The Balaban J connectivity index is 1.73. The number of benzene rings is 1. The number of hydrogen-bond donors (Lipinski definition) is 2. The molecule has 0 amide bonds. The van der Waals surface area contributed by atoms with E-state index < -0.39 is 10.0 Å². The fraction of sp³-hybridized carbons (Fsp3) is 0.538. The van der Waals surface area contributed by atoms with E-state index >= 15 is 0 Å². The van der Waals surface area contributed by atoms with E-state index in [0.29, 0.717) is 24.0 Å². The van der Waals surface area contributed by atoms with Crippen LogP contribution in [-0.4, -0.2) is 41.3 Å². The van der Waals surface area contributed by atoms with Crippen molar-refractivity contribution in [2.45, 2.75) is 4.90 Å². The van der Waals surface area contributed by atoms with Crippen molar-refractivity contribution in [1.29, 1.82) is 0 Å². The number of hydrogen-bond acceptors (Lipinski definition) is 4. The number of nitrogens with one attached hydrogen (secondary N) is 2. The highest BCUT2D eigenvalue weighted by Crippen LogP contribution is 2.37. The smallest absolute Gasteiger partial charge is 0.240 e. The molecule has 1 aromatic carbocycles. The van der Waals surface area contributed by atoms with Gasteiger partial charge in [0, 0.05) is 31.0 Å². The minimum absolute atomic E-state index is 0.0815. The summed E-state index contributed by atoms with van der Waals surface area (Å²) in [5, 5.41) is 3.33. The van der Waals surface area contributed by atoms with E-state index in [1.807, 2.05) is 0 Å². The Morgan fingerprint density at radius 2 is 2.16 bits per heavy atom. The second-order valence-corrected chi connectivity index (χ2v) is 7.11. The van der Waals surface area contributed by atoms with Crippen LogP contribution < -0.4 is 10.0 Å². The Kier molecular flexibility index (Phi) is 3.34. The first kappa shape index (κ1) is 13.1. The molecule has 0 aromatic heterocycles. The van der Waals surface area contributed by atoms with Crippen molar-refractivity contribution in [3.63, 3.8) is 0 Å². The average molecular weight is 282 g/mol. The first-order chi connectivity index (χ1) is 9.12. The molecule has 3 rings (SSSR count). The van der Waals surface area contributed by atoms with Crippen molar-refractivity contribution in [3.05, 3.63) is 30.3 Å². The van der Waals surface area contributed by atoms with Crippen molar-refractivity contribution in [2.24, 2.45) is 11.3 Å². The molecule has 0 unspecified atom stereocenters. The fourth-order valence-corrected chi connectivity index (χ4v) is 4.00. The fourth-order valence-electron chi connectivity index (χ4n) is 2.84. The molecule has 2 saturated heterocycles. The van der Waals surface area contributed by atoms with Crippen LogP contribution in [0.1, 0.15) is 0 Å². The van der Waals surface area contributed by atoms with E-state index in [1.54, 1.807) is 30.3 Å². The highest BCUT2D eigenvalue weighted by Gasteiger charge is 2.47. The van der Waals surface area contributed by atoms with E-state index in [-0.39, 0.29) is 5.41 Å². The monoisotopic (exact) mass is 282 g/mol. The predicted octanol–water partition coefficient (Wildman–Crippen LogP) is 0.201. The van der Waals surface area contributed by atoms with E-state index in [1.165, 1.54) is 0 Å². The van der Waals surface area contributed by atoms with E-state index in [4.69, 9.17) is 4.74 Å². The minimum atomic E-state index is -3.42. The van der Waals surface area contributed by atoms with Gasteiger partial charge in [0.15, 0.2) is 0 Å². The third-order valence-electron chi connectivity index (χ3n) is 4.11. The van der Waals surface area contributed by atoms with Crippen LogP contribution in [0.3, 0.4) is 0 Å². The highest BCUT2D eigenvalue weighted by molar-refractivity contribution is 7.89. The lowest BCUT2D eigenvalue weighted by Crippen LogP contribution is -2.42. The largest absolute Gasteiger partial charge is 0.380 e. The van der Waals surface area contributed by atoms with Crippen LogP contribution in [0.15, 0.2) is 35.2 Å². The third-order valence-corrected chi connectivity index (χ3v) is 5.53. The van der Waals surface area contributed by atoms with Crippen molar-refractivity contribution in [3.8, 4) is 0 Å². The van der Waals surface area contributed by atoms with Crippen LogP contribution in [0, 0.1) is 11.3 Å². The van der Waals surface area contributed by atoms with Crippen LogP contribution in [0.4, 0.5) is 0 Å². The molecule has 0 aliphatic carbocycles. The van der Waals surface area contributed by atoms with Gasteiger partial charge in [0.05, 0.1) is 18.1 Å². The van der Waals surface area contributed by atoms with Crippen LogP contribution >= 0.6 is 0 Å². The normalized spacial score (nSPS) is 30.4. The molecular formula is C13H18N2O3S. The molecule has 104 valence electrons. The molecular weight excluding hydrogens is 264 g/mol. The minimum Gasteiger partial charge on any atom is -0.380 e. The Hall–Kier alpha value is -0.950. The van der Waals surface area contributed by atoms with Crippen LogP contribution in [0.25, 0.3) is 0 Å². The lowest BCUT2D eigenvalue weighted by Gasteiger charge is -2.26. The Morgan fingerprint density at radius 1 is 1.37 bits per heavy atom. The van der Waals surface area contributed by atoms with Gasteiger partial charge in [-0.2, -0.15) is 0 Å². The van der Waals surface area contributed by atoms with Gasteiger partial charge in [0.25, 0.3) is 0 Å². The zero-order valence-electron chi connectivity index (χ0n) is 10.6. The maximum Gasteiger partial charge on any atom is 0.240 e. The van der Waals surface area contributed by atoms with Gasteiger partial charge in [-0.3, -0.25) is 0 Å². The zero-order chi connectivity index (χ0) is 13.3. The molecule has 0 bridgehead atoms. The summed E-state index contributed by atoms with van der Waals surface area (Å²) in [6.07, 6.45) is 0. The van der Waals surface area contributed by atoms with Crippen molar-refractivity contribution in [2.75, 3.05) is 32.8 Å². The van der Waals surface area contributed by atoms with Crippen molar-refractivity contribution < 1.29 is 13.2 Å². The van der Waals surface area contributed by atoms with E-state index in [9.17, 15) is 8.42 Å². The first-order valence-corrected chi connectivity index (χ1v) is 7.94. The van der Waals surface area contributed by atoms with Gasteiger partial charge in [-0.25, -0.2) is 13.1 Å².